The molecular formula is C13H20N2O6. The first-order valence-electron chi connectivity index (χ1n) is 6.43. The number of nitro benzene ring substituents is 1. The third-order valence-electron chi connectivity index (χ3n) is 2.51. The number of carboxylic acid groups (broad SMARTS) is 1. The maximum atomic E-state index is 10.5. The first kappa shape index (κ1) is 18.8. The van der Waals surface area contributed by atoms with E-state index in [4.69, 9.17) is 21.1 Å². The fraction of sp³-hybridized carbons (Fsp3) is 0.462. The van der Waals surface area contributed by atoms with E-state index in [1.807, 2.05) is 0 Å². The lowest BCUT2D eigenvalue weighted by Gasteiger charge is -1.98. The van der Waals surface area contributed by atoms with E-state index >= 15 is 0 Å². The van der Waals surface area contributed by atoms with Crippen LogP contribution in [-0.4, -0.2) is 39.4 Å². The quantitative estimate of drug-likeness (QED) is 0.257. The highest BCUT2D eigenvalue weighted by Gasteiger charge is 2.18. The molecule has 0 fully saturated rings. The average Bonchev–Trinajstić information content (AvgIpc) is 2.44. The van der Waals surface area contributed by atoms with Crippen molar-refractivity contribution in [2.24, 2.45) is 0 Å². The molecule has 0 aliphatic rings. The maximum absolute atomic E-state index is 10.5. The fourth-order valence-electron chi connectivity index (χ4n) is 1.46. The maximum Gasteiger partial charge on any atom is 0.342 e. The van der Waals surface area contributed by atoms with Crippen molar-refractivity contribution in [1.82, 2.24) is 0 Å². The Balaban J connectivity index is 0.000000433. The normalized spacial score (nSPS) is 9.62. The molecule has 1 rings (SSSR count). The van der Waals surface area contributed by atoms with Crippen molar-refractivity contribution < 1.29 is 25.0 Å². The van der Waals surface area contributed by atoms with Crippen LogP contribution < -0.4 is 5.73 Å². The van der Waals surface area contributed by atoms with Gasteiger partial charge in [0.2, 0.25) is 0 Å². The number of unbranched alkanes of at least 4 members (excludes halogenated alkanes) is 3. The van der Waals surface area contributed by atoms with E-state index in [2.05, 4.69) is 0 Å². The van der Waals surface area contributed by atoms with Crippen LogP contribution >= 0.6 is 0 Å². The van der Waals surface area contributed by atoms with Gasteiger partial charge in [-0.25, -0.2) is 4.79 Å². The molecule has 8 heteroatoms. The van der Waals surface area contributed by atoms with E-state index in [9.17, 15) is 14.9 Å². The molecule has 0 bridgehead atoms. The number of benzene rings is 1. The molecule has 8 nitrogen and oxygen atoms in total. The number of carbonyl (C=O) groups is 1. The van der Waals surface area contributed by atoms with Gasteiger partial charge in [-0.15, -0.1) is 0 Å². The summed E-state index contributed by atoms with van der Waals surface area (Å²) in [5, 5.41) is 35.5. The van der Waals surface area contributed by atoms with Gasteiger partial charge in [0.15, 0.2) is 0 Å². The van der Waals surface area contributed by atoms with Crippen LogP contribution in [0.2, 0.25) is 0 Å². The number of nitrogens with two attached hydrogens (primary N) is 1. The molecule has 0 saturated heterocycles. The van der Waals surface area contributed by atoms with E-state index < -0.39 is 22.1 Å². The summed E-state index contributed by atoms with van der Waals surface area (Å²) in [6, 6.07) is 3.41. The van der Waals surface area contributed by atoms with Crippen LogP contribution in [0.5, 0.6) is 0 Å². The van der Waals surface area contributed by atoms with Gasteiger partial charge in [-0.3, -0.25) is 10.1 Å². The minimum absolute atomic E-state index is 0.183. The molecule has 0 aromatic heterocycles. The highest BCUT2D eigenvalue weighted by Crippen LogP contribution is 2.20. The Kier molecular flexibility index (Phi) is 9.48. The number of rotatable bonds is 7. The monoisotopic (exact) mass is 300 g/mol. The van der Waals surface area contributed by atoms with Gasteiger partial charge in [0.05, 0.1) is 4.92 Å². The highest BCUT2D eigenvalue weighted by molar-refractivity contribution is 5.93. The second kappa shape index (κ2) is 10.6. The van der Waals surface area contributed by atoms with E-state index in [1.165, 1.54) is 6.07 Å². The van der Waals surface area contributed by atoms with Gasteiger partial charge in [0, 0.05) is 25.0 Å². The van der Waals surface area contributed by atoms with Crippen LogP contribution in [0.15, 0.2) is 18.2 Å². The molecule has 0 aliphatic carbocycles. The molecule has 0 aliphatic heterocycles. The lowest BCUT2D eigenvalue weighted by molar-refractivity contribution is -0.385. The Morgan fingerprint density at radius 2 is 1.67 bits per heavy atom. The molecule has 0 radical (unpaired) electrons. The Hall–Kier alpha value is -2.19. The van der Waals surface area contributed by atoms with Crippen LogP contribution in [0.25, 0.3) is 0 Å². The summed E-state index contributed by atoms with van der Waals surface area (Å²) in [5.41, 5.74) is 4.61. The number of nitrogens with zero attached hydrogens (tertiary/aromatic N) is 1. The molecule has 5 N–H and O–H groups in total. The van der Waals surface area contributed by atoms with Gasteiger partial charge in [-0.1, -0.05) is 12.8 Å². The summed E-state index contributed by atoms with van der Waals surface area (Å²) >= 11 is 0. The van der Waals surface area contributed by atoms with Crippen LogP contribution in [0.4, 0.5) is 11.4 Å². The number of hydrogen-bond acceptors (Lipinski definition) is 6. The number of aromatic carboxylic acids is 1. The number of aliphatic hydroxyl groups excluding tert-OH is 2. The van der Waals surface area contributed by atoms with E-state index in [1.54, 1.807) is 0 Å². The zero-order valence-corrected chi connectivity index (χ0v) is 11.6. The van der Waals surface area contributed by atoms with Crippen LogP contribution in [-0.2, 0) is 0 Å². The molecule has 0 spiro atoms. The molecule has 0 atom stereocenters. The Morgan fingerprint density at radius 3 is 2.05 bits per heavy atom. The van der Waals surface area contributed by atoms with Gasteiger partial charge in [0.1, 0.15) is 5.56 Å². The van der Waals surface area contributed by atoms with Gasteiger partial charge >= 0.3 is 5.97 Å². The third kappa shape index (κ3) is 7.85. The predicted molar refractivity (Wildman–Crippen MR) is 77.1 cm³/mol. The second-order valence-electron chi connectivity index (χ2n) is 4.20. The Morgan fingerprint density at radius 1 is 1.14 bits per heavy atom. The van der Waals surface area contributed by atoms with Gasteiger partial charge in [-0.2, -0.15) is 0 Å². The Labute approximate surface area is 122 Å². The summed E-state index contributed by atoms with van der Waals surface area (Å²) in [6.07, 6.45) is 3.83. The molecule has 0 unspecified atom stereocenters. The summed E-state index contributed by atoms with van der Waals surface area (Å²) < 4.78 is 0. The first-order chi connectivity index (χ1) is 9.93. The molecular weight excluding hydrogens is 280 g/mol. The SMILES string of the molecule is Nc1ccc([N+](=O)[O-])c(C(=O)O)c1.OCCCCCCO. The van der Waals surface area contributed by atoms with E-state index in [0.717, 1.165) is 37.8 Å². The largest absolute Gasteiger partial charge is 0.477 e. The van der Waals surface area contributed by atoms with Gasteiger partial charge in [-0.05, 0) is 25.0 Å². The Bertz CT molecular complexity index is 458. The third-order valence-corrected chi connectivity index (χ3v) is 2.51. The van der Waals surface area contributed by atoms with Crippen molar-refractivity contribution in [3.8, 4) is 0 Å². The van der Waals surface area contributed by atoms with Crippen LogP contribution in [0.1, 0.15) is 36.0 Å². The topological polar surface area (TPSA) is 147 Å². The number of anilines is 1. The van der Waals surface area contributed by atoms with Crippen LogP contribution in [0, 0.1) is 10.1 Å². The predicted octanol–water partition coefficient (Wildman–Crippen LogP) is 1.41. The van der Waals surface area contributed by atoms with E-state index in [0.29, 0.717) is 0 Å². The van der Waals surface area contributed by atoms with Crippen molar-refractivity contribution in [3.63, 3.8) is 0 Å². The molecule has 1 aromatic rings. The number of hydrogen-bond donors (Lipinski definition) is 4. The standard InChI is InChI=1S/C7H6N2O4.C6H14O2/c8-4-1-2-6(9(12)13)5(3-4)7(10)11;7-5-3-1-2-4-6-8/h1-3H,8H2,(H,10,11);7-8H,1-6H2. The number of nitrogen functional groups attached to an aromatic ring is 1. The van der Waals surface area contributed by atoms with Gasteiger partial charge < -0.3 is 21.1 Å². The van der Waals surface area contributed by atoms with Crippen molar-refractivity contribution in [3.05, 3.63) is 33.9 Å². The van der Waals surface area contributed by atoms with E-state index in [-0.39, 0.29) is 18.9 Å². The second-order valence-corrected chi connectivity index (χ2v) is 4.20. The first-order valence-corrected chi connectivity index (χ1v) is 6.43. The zero-order valence-electron chi connectivity index (χ0n) is 11.6. The minimum Gasteiger partial charge on any atom is -0.477 e. The minimum atomic E-state index is -1.36. The highest BCUT2D eigenvalue weighted by atomic mass is 16.6. The van der Waals surface area contributed by atoms with Crippen molar-refractivity contribution >= 4 is 17.3 Å². The molecule has 118 valence electrons. The number of nitro groups is 1. The summed E-state index contributed by atoms with van der Waals surface area (Å²) in [4.78, 5) is 20.1. The molecule has 0 heterocycles. The summed E-state index contributed by atoms with van der Waals surface area (Å²) in [5.74, 6) is -1.36. The van der Waals surface area contributed by atoms with Crippen molar-refractivity contribution in [2.45, 2.75) is 25.7 Å². The zero-order chi connectivity index (χ0) is 16.3. The van der Waals surface area contributed by atoms with Gasteiger partial charge in [0.25, 0.3) is 5.69 Å². The number of aliphatic hydroxyl groups is 2. The molecule has 0 saturated carbocycles. The summed E-state index contributed by atoms with van der Waals surface area (Å²) in [6.45, 7) is 0.566. The lowest BCUT2D eigenvalue weighted by Crippen LogP contribution is -2.03. The summed E-state index contributed by atoms with van der Waals surface area (Å²) in [7, 11) is 0. The lowest BCUT2D eigenvalue weighted by atomic mass is 10.1. The van der Waals surface area contributed by atoms with Crippen molar-refractivity contribution in [2.75, 3.05) is 18.9 Å². The molecule has 0 amide bonds. The van der Waals surface area contributed by atoms with Crippen molar-refractivity contribution in [1.29, 1.82) is 0 Å². The molecule has 21 heavy (non-hydrogen) atoms. The smallest absolute Gasteiger partial charge is 0.342 e. The average molecular weight is 300 g/mol. The number of carboxylic acids is 1. The fourth-order valence-corrected chi connectivity index (χ4v) is 1.46. The van der Waals surface area contributed by atoms with Crippen LogP contribution in [0.3, 0.4) is 0 Å². The molecule has 1 aromatic carbocycles.